The molecular weight excluding hydrogens is 451 g/mol. The van der Waals surface area contributed by atoms with Crippen molar-refractivity contribution in [3.8, 4) is 0 Å². The average molecular weight is 475 g/mol. The van der Waals surface area contributed by atoms with Crippen molar-refractivity contribution in [3.63, 3.8) is 0 Å². The predicted molar refractivity (Wildman–Crippen MR) is 122 cm³/mol. The van der Waals surface area contributed by atoms with E-state index in [-0.39, 0.29) is 30.0 Å². The summed E-state index contributed by atoms with van der Waals surface area (Å²) in [5.74, 6) is 0.618. The first kappa shape index (κ1) is 24.0. The van der Waals surface area contributed by atoms with Gasteiger partial charge in [0.15, 0.2) is 0 Å². The first-order valence-electron chi connectivity index (χ1n) is 9.01. The summed E-state index contributed by atoms with van der Waals surface area (Å²) in [4.78, 5) is 12.2. The van der Waals surface area contributed by atoms with Crippen LogP contribution in [0.5, 0.6) is 0 Å². The maximum atomic E-state index is 12.2. The number of sulfonamides is 1. The third-order valence-electron chi connectivity index (χ3n) is 3.86. The SMILES string of the molecule is CC(C)NS(=O)(=O)Cc1ccccc1CNC(=O)CSCc1ccc(Cl)cc1Cl. The van der Waals surface area contributed by atoms with Gasteiger partial charge in [0.05, 0.1) is 11.5 Å². The fourth-order valence-electron chi connectivity index (χ4n) is 2.61. The molecule has 0 saturated heterocycles. The van der Waals surface area contributed by atoms with E-state index in [1.165, 1.54) is 11.8 Å². The third-order valence-corrected chi connectivity index (χ3v) is 6.95. The fourth-order valence-corrected chi connectivity index (χ4v) is 5.52. The molecule has 2 rings (SSSR count). The Morgan fingerprint density at radius 2 is 1.76 bits per heavy atom. The third kappa shape index (κ3) is 8.56. The highest BCUT2D eigenvalue weighted by molar-refractivity contribution is 7.99. The molecule has 0 aliphatic heterocycles. The monoisotopic (exact) mass is 474 g/mol. The summed E-state index contributed by atoms with van der Waals surface area (Å²) in [6, 6.07) is 12.3. The molecule has 0 aliphatic rings. The zero-order chi connectivity index (χ0) is 21.4. The van der Waals surface area contributed by atoms with Gasteiger partial charge in [0.25, 0.3) is 0 Å². The number of halogens is 2. The zero-order valence-corrected chi connectivity index (χ0v) is 19.4. The van der Waals surface area contributed by atoms with E-state index in [0.717, 1.165) is 11.1 Å². The van der Waals surface area contributed by atoms with Crippen LogP contribution in [0.3, 0.4) is 0 Å². The van der Waals surface area contributed by atoms with Crippen LogP contribution in [-0.4, -0.2) is 26.1 Å². The predicted octanol–water partition coefficient (Wildman–Crippen LogP) is 4.37. The lowest BCUT2D eigenvalue weighted by molar-refractivity contribution is -0.118. The van der Waals surface area contributed by atoms with Crippen molar-refractivity contribution in [2.75, 3.05) is 5.75 Å². The Kier molecular flexibility index (Phi) is 9.30. The molecule has 0 saturated carbocycles. The van der Waals surface area contributed by atoms with Gasteiger partial charge in [0.2, 0.25) is 15.9 Å². The van der Waals surface area contributed by atoms with E-state index in [0.29, 0.717) is 21.4 Å². The van der Waals surface area contributed by atoms with Crippen molar-refractivity contribution in [1.82, 2.24) is 10.0 Å². The Morgan fingerprint density at radius 1 is 1.07 bits per heavy atom. The van der Waals surface area contributed by atoms with E-state index in [2.05, 4.69) is 10.0 Å². The molecule has 2 N–H and O–H groups in total. The minimum atomic E-state index is -3.44. The number of rotatable bonds is 10. The topological polar surface area (TPSA) is 75.3 Å². The van der Waals surface area contributed by atoms with Crippen LogP contribution in [0.2, 0.25) is 10.0 Å². The number of amides is 1. The van der Waals surface area contributed by atoms with Gasteiger partial charge in [-0.25, -0.2) is 13.1 Å². The molecule has 0 unspecified atom stereocenters. The standard InChI is InChI=1S/C20H24Cl2N2O3S2/c1-14(2)24-29(26,27)13-17-6-4-3-5-15(17)10-23-20(25)12-28-11-16-7-8-18(21)9-19(16)22/h3-9,14,24H,10-13H2,1-2H3,(H,23,25). The Morgan fingerprint density at radius 3 is 2.41 bits per heavy atom. The van der Waals surface area contributed by atoms with Crippen LogP contribution in [0.1, 0.15) is 30.5 Å². The number of nitrogens with one attached hydrogen (secondary N) is 2. The largest absolute Gasteiger partial charge is 0.351 e. The summed E-state index contributed by atoms with van der Waals surface area (Å²) in [5.41, 5.74) is 2.37. The Bertz CT molecular complexity index is 950. The zero-order valence-electron chi connectivity index (χ0n) is 16.2. The van der Waals surface area contributed by atoms with E-state index in [4.69, 9.17) is 23.2 Å². The highest BCUT2D eigenvalue weighted by Crippen LogP contribution is 2.24. The maximum absolute atomic E-state index is 12.2. The Balaban J connectivity index is 1.87. The molecule has 0 bridgehead atoms. The van der Waals surface area contributed by atoms with Crippen molar-refractivity contribution in [2.24, 2.45) is 0 Å². The second-order valence-electron chi connectivity index (χ2n) is 6.81. The van der Waals surface area contributed by atoms with E-state index in [1.54, 1.807) is 38.1 Å². The molecule has 158 valence electrons. The van der Waals surface area contributed by atoms with Crippen LogP contribution in [0.4, 0.5) is 0 Å². The molecule has 5 nitrogen and oxygen atoms in total. The summed E-state index contributed by atoms with van der Waals surface area (Å²) >= 11 is 13.5. The van der Waals surface area contributed by atoms with Gasteiger partial charge < -0.3 is 5.32 Å². The molecule has 0 heterocycles. The Labute approximate surface area is 186 Å². The highest BCUT2D eigenvalue weighted by Gasteiger charge is 2.15. The minimum Gasteiger partial charge on any atom is -0.351 e. The molecule has 9 heteroatoms. The van der Waals surface area contributed by atoms with E-state index >= 15 is 0 Å². The van der Waals surface area contributed by atoms with Crippen molar-refractivity contribution >= 4 is 50.9 Å². The van der Waals surface area contributed by atoms with E-state index in [1.807, 2.05) is 18.2 Å². The second kappa shape index (κ2) is 11.2. The van der Waals surface area contributed by atoms with Gasteiger partial charge in [0, 0.05) is 28.4 Å². The van der Waals surface area contributed by atoms with Crippen molar-refractivity contribution in [2.45, 2.75) is 37.9 Å². The van der Waals surface area contributed by atoms with Crippen LogP contribution >= 0.6 is 35.0 Å². The minimum absolute atomic E-state index is 0.124. The lowest BCUT2D eigenvalue weighted by Crippen LogP contribution is -2.32. The van der Waals surface area contributed by atoms with E-state index < -0.39 is 10.0 Å². The van der Waals surface area contributed by atoms with Gasteiger partial charge in [0.1, 0.15) is 0 Å². The molecule has 0 aromatic heterocycles. The highest BCUT2D eigenvalue weighted by atomic mass is 35.5. The molecule has 0 aliphatic carbocycles. The number of hydrogen-bond donors (Lipinski definition) is 2. The lowest BCUT2D eigenvalue weighted by Gasteiger charge is -2.13. The molecule has 1 amide bonds. The van der Waals surface area contributed by atoms with Crippen LogP contribution in [0.15, 0.2) is 42.5 Å². The smallest absolute Gasteiger partial charge is 0.230 e. The van der Waals surface area contributed by atoms with Crippen LogP contribution in [0.25, 0.3) is 0 Å². The average Bonchev–Trinajstić information content (AvgIpc) is 2.61. The van der Waals surface area contributed by atoms with Gasteiger partial charge >= 0.3 is 0 Å². The normalized spacial score (nSPS) is 11.6. The molecule has 2 aromatic carbocycles. The van der Waals surface area contributed by atoms with E-state index in [9.17, 15) is 13.2 Å². The van der Waals surface area contributed by atoms with Gasteiger partial charge in [-0.1, -0.05) is 53.5 Å². The summed E-state index contributed by atoms with van der Waals surface area (Å²) in [5, 5.41) is 4.00. The van der Waals surface area contributed by atoms with Gasteiger partial charge in [-0.2, -0.15) is 0 Å². The quantitative estimate of drug-likeness (QED) is 0.535. The van der Waals surface area contributed by atoms with Crippen molar-refractivity contribution in [3.05, 3.63) is 69.2 Å². The number of hydrogen-bond acceptors (Lipinski definition) is 4. The number of benzene rings is 2. The van der Waals surface area contributed by atoms with Crippen molar-refractivity contribution < 1.29 is 13.2 Å². The van der Waals surface area contributed by atoms with Crippen LogP contribution < -0.4 is 10.0 Å². The molecule has 0 radical (unpaired) electrons. The fraction of sp³-hybridized carbons (Fsp3) is 0.350. The number of carbonyl (C=O) groups excluding carboxylic acids is 1. The molecule has 0 spiro atoms. The molecule has 0 fully saturated rings. The summed E-state index contributed by atoms with van der Waals surface area (Å²) in [6.45, 7) is 3.82. The first-order valence-corrected chi connectivity index (χ1v) is 12.6. The number of thioether (sulfide) groups is 1. The van der Waals surface area contributed by atoms with Crippen LogP contribution in [-0.2, 0) is 32.9 Å². The lowest BCUT2D eigenvalue weighted by atomic mass is 10.1. The van der Waals surface area contributed by atoms with Crippen LogP contribution in [0, 0.1) is 0 Å². The summed E-state index contributed by atoms with van der Waals surface area (Å²) < 4.78 is 27.0. The molecule has 29 heavy (non-hydrogen) atoms. The summed E-state index contributed by atoms with van der Waals surface area (Å²) in [6.07, 6.45) is 0. The first-order chi connectivity index (χ1) is 13.7. The van der Waals surface area contributed by atoms with Crippen molar-refractivity contribution in [1.29, 1.82) is 0 Å². The summed E-state index contributed by atoms with van der Waals surface area (Å²) in [7, 11) is -3.44. The molecule has 2 aromatic rings. The second-order valence-corrected chi connectivity index (χ2v) is 10.4. The number of carbonyl (C=O) groups is 1. The van der Waals surface area contributed by atoms with Gasteiger partial charge in [-0.3, -0.25) is 4.79 Å². The molecular formula is C20H24Cl2N2O3S2. The molecule has 0 atom stereocenters. The van der Waals surface area contributed by atoms with Gasteiger partial charge in [-0.05, 0) is 42.7 Å². The Hall–Kier alpha value is -1.25. The maximum Gasteiger partial charge on any atom is 0.230 e. The van der Waals surface area contributed by atoms with Gasteiger partial charge in [-0.15, -0.1) is 11.8 Å².